The van der Waals surface area contributed by atoms with Crippen LogP contribution in [0, 0.1) is 5.92 Å². The molecule has 1 aromatic rings. The van der Waals surface area contributed by atoms with Gasteiger partial charge in [0.2, 0.25) is 15.9 Å². The topological polar surface area (TPSA) is 75.7 Å². The SMILES string of the molecule is CCCCS(=O)(=O)N1CCC(C(=O)Nc2cccc(C(C)OC)c2)CC1. The molecule has 0 spiro atoms. The normalized spacial score (nSPS) is 17.8. The molecule has 0 aromatic heterocycles. The summed E-state index contributed by atoms with van der Waals surface area (Å²) >= 11 is 0. The Hall–Kier alpha value is -1.44. The Bertz CT molecular complexity index is 697. The number of nitrogens with one attached hydrogen (secondary N) is 1. The third kappa shape index (κ3) is 5.53. The van der Waals surface area contributed by atoms with Gasteiger partial charge < -0.3 is 10.1 Å². The van der Waals surface area contributed by atoms with Gasteiger partial charge in [0.05, 0.1) is 11.9 Å². The first-order chi connectivity index (χ1) is 12.4. The molecular formula is C19H30N2O4S. The maximum atomic E-state index is 12.5. The fraction of sp³-hybridized carbons (Fsp3) is 0.632. The number of amides is 1. The minimum absolute atomic E-state index is 0.0385. The molecule has 1 atom stereocenters. The van der Waals surface area contributed by atoms with Crippen LogP contribution in [0.5, 0.6) is 0 Å². The van der Waals surface area contributed by atoms with E-state index in [9.17, 15) is 13.2 Å². The number of anilines is 1. The highest BCUT2D eigenvalue weighted by Crippen LogP contribution is 2.24. The summed E-state index contributed by atoms with van der Waals surface area (Å²) in [6.07, 6.45) is 2.62. The van der Waals surface area contributed by atoms with Crippen LogP contribution in [0.1, 0.15) is 51.2 Å². The Morgan fingerprint density at radius 2 is 2.04 bits per heavy atom. The summed E-state index contributed by atoms with van der Waals surface area (Å²) in [6.45, 7) is 4.78. The summed E-state index contributed by atoms with van der Waals surface area (Å²) in [6, 6.07) is 7.62. The number of benzene rings is 1. The molecule has 1 unspecified atom stereocenters. The van der Waals surface area contributed by atoms with Gasteiger partial charge in [-0.2, -0.15) is 0 Å². The average molecular weight is 383 g/mol. The molecule has 0 saturated carbocycles. The third-order valence-electron chi connectivity index (χ3n) is 4.95. The first-order valence-corrected chi connectivity index (χ1v) is 10.9. The highest BCUT2D eigenvalue weighted by atomic mass is 32.2. The van der Waals surface area contributed by atoms with Crippen LogP contribution in [0.25, 0.3) is 0 Å². The monoisotopic (exact) mass is 382 g/mol. The van der Waals surface area contributed by atoms with Crippen molar-refractivity contribution in [3.05, 3.63) is 29.8 Å². The Morgan fingerprint density at radius 3 is 2.65 bits per heavy atom. The van der Waals surface area contributed by atoms with Gasteiger partial charge in [0.1, 0.15) is 0 Å². The predicted octanol–water partition coefficient (Wildman–Crippen LogP) is 3.17. The molecule has 1 aliphatic rings. The Kier molecular flexibility index (Phi) is 7.61. The lowest BCUT2D eigenvalue weighted by Crippen LogP contribution is -2.42. The van der Waals surface area contributed by atoms with Crippen molar-refractivity contribution in [3.8, 4) is 0 Å². The van der Waals surface area contributed by atoms with Crippen molar-refractivity contribution in [2.24, 2.45) is 5.92 Å². The van der Waals surface area contributed by atoms with Gasteiger partial charge in [-0.15, -0.1) is 0 Å². The van der Waals surface area contributed by atoms with Crippen LogP contribution in [-0.2, 0) is 19.6 Å². The summed E-state index contributed by atoms with van der Waals surface area (Å²) in [5.74, 6) is -0.000795. The number of hydrogen-bond acceptors (Lipinski definition) is 4. The quantitative estimate of drug-likeness (QED) is 0.749. The standard InChI is InChI=1S/C19H30N2O4S/c1-4-5-13-26(23,24)21-11-9-16(10-12-21)19(22)20-18-8-6-7-17(14-18)15(2)25-3/h6-8,14-16H,4-5,9-13H2,1-3H3,(H,20,22). The zero-order chi connectivity index (χ0) is 19.2. The van der Waals surface area contributed by atoms with E-state index in [1.54, 1.807) is 7.11 Å². The van der Waals surface area contributed by atoms with E-state index in [4.69, 9.17) is 4.74 Å². The Morgan fingerprint density at radius 1 is 1.35 bits per heavy atom. The van der Waals surface area contributed by atoms with Crippen LogP contribution in [0.2, 0.25) is 0 Å². The highest BCUT2D eigenvalue weighted by Gasteiger charge is 2.30. The summed E-state index contributed by atoms with van der Waals surface area (Å²) in [5.41, 5.74) is 1.75. The molecule has 146 valence electrons. The molecule has 0 bridgehead atoms. The second kappa shape index (κ2) is 9.48. The van der Waals surface area contributed by atoms with E-state index in [-0.39, 0.29) is 23.7 Å². The number of piperidine rings is 1. The minimum Gasteiger partial charge on any atom is -0.377 e. The van der Waals surface area contributed by atoms with Crippen molar-refractivity contribution in [2.75, 3.05) is 31.3 Å². The smallest absolute Gasteiger partial charge is 0.227 e. The van der Waals surface area contributed by atoms with Crippen molar-refractivity contribution in [3.63, 3.8) is 0 Å². The lowest BCUT2D eigenvalue weighted by atomic mass is 9.97. The van der Waals surface area contributed by atoms with E-state index in [1.165, 1.54) is 4.31 Å². The largest absolute Gasteiger partial charge is 0.377 e. The molecule has 1 heterocycles. The number of methoxy groups -OCH3 is 1. The molecule has 7 heteroatoms. The van der Waals surface area contributed by atoms with E-state index in [2.05, 4.69) is 5.32 Å². The lowest BCUT2D eigenvalue weighted by molar-refractivity contribution is -0.120. The second-order valence-corrected chi connectivity index (χ2v) is 8.92. The predicted molar refractivity (Wildman–Crippen MR) is 103 cm³/mol. The number of hydrogen-bond donors (Lipinski definition) is 1. The molecule has 0 radical (unpaired) electrons. The molecule has 1 saturated heterocycles. The summed E-state index contributed by atoms with van der Waals surface area (Å²) < 4.78 is 31.4. The van der Waals surface area contributed by atoms with Crippen LogP contribution in [0.15, 0.2) is 24.3 Å². The van der Waals surface area contributed by atoms with Gasteiger partial charge >= 0.3 is 0 Å². The number of sulfonamides is 1. The van der Waals surface area contributed by atoms with E-state index in [0.29, 0.717) is 32.4 Å². The van der Waals surface area contributed by atoms with Gasteiger partial charge in [0.25, 0.3) is 0 Å². The van der Waals surface area contributed by atoms with Gasteiger partial charge in [-0.05, 0) is 43.9 Å². The first-order valence-electron chi connectivity index (χ1n) is 9.28. The van der Waals surface area contributed by atoms with Gasteiger partial charge in [0, 0.05) is 31.8 Å². The molecule has 1 fully saturated rings. The van der Waals surface area contributed by atoms with Crippen LogP contribution in [0.3, 0.4) is 0 Å². The maximum absolute atomic E-state index is 12.5. The van der Waals surface area contributed by atoms with Gasteiger partial charge in [-0.3, -0.25) is 4.79 Å². The second-order valence-electron chi connectivity index (χ2n) is 6.84. The molecule has 1 aromatic carbocycles. The summed E-state index contributed by atoms with van der Waals surface area (Å²) in [7, 11) is -1.53. The third-order valence-corrected chi connectivity index (χ3v) is 6.91. The van der Waals surface area contributed by atoms with Gasteiger partial charge in [-0.25, -0.2) is 12.7 Å². The number of rotatable bonds is 8. The Labute approximate surface area is 157 Å². The lowest BCUT2D eigenvalue weighted by Gasteiger charge is -2.30. The van der Waals surface area contributed by atoms with Crippen molar-refractivity contribution in [2.45, 2.75) is 45.6 Å². The molecular weight excluding hydrogens is 352 g/mol. The molecule has 1 aliphatic heterocycles. The van der Waals surface area contributed by atoms with Gasteiger partial charge in [0.15, 0.2) is 0 Å². The van der Waals surface area contributed by atoms with Crippen molar-refractivity contribution in [1.29, 1.82) is 0 Å². The molecule has 0 aliphatic carbocycles. The maximum Gasteiger partial charge on any atom is 0.227 e. The number of carbonyl (C=O) groups is 1. The number of ether oxygens (including phenoxy) is 1. The molecule has 1 amide bonds. The van der Waals surface area contributed by atoms with Crippen LogP contribution >= 0.6 is 0 Å². The molecule has 2 rings (SSSR count). The molecule has 1 N–H and O–H groups in total. The number of nitrogens with zero attached hydrogens (tertiary/aromatic N) is 1. The van der Waals surface area contributed by atoms with E-state index >= 15 is 0 Å². The van der Waals surface area contributed by atoms with E-state index in [0.717, 1.165) is 17.7 Å². The van der Waals surface area contributed by atoms with Crippen LogP contribution in [-0.4, -0.2) is 44.6 Å². The van der Waals surface area contributed by atoms with Crippen LogP contribution in [0.4, 0.5) is 5.69 Å². The molecule has 6 nitrogen and oxygen atoms in total. The fourth-order valence-electron chi connectivity index (χ4n) is 3.10. The van der Waals surface area contributed by atoms with Crippen LogP contribution < -0.4 is 5.32 Å². The minimum atomic E-state index is -3.18. The Balaban J connectivity index is 1.91. The van der Waals surface area contributed by atoms with Crippen molar-refractivity contribution in [1.82, 2.24) is 4.31 Å². The zero-order valence-electron chi connectivity index (χ0n) is 15.9. The first kappa shape index (κ1) is 20.9. The average Bonchev–Trinajstić information content (AvgIpc) is 2.66. The zero-order valence-corrected chi connectivity index (χ0v) is 16.7. The van der Waals surface area contributed by atoms with Crippen molar-refractivity contribution >= 4 is 21.6 Å². The van der Waals surface area contributed by atoms with Crippen molar-refractivity contribution < 1.29 is 17.9 Å². The van der Waals surface area contributed by atoms with E-state index in [1.807, 2.05) is 38.1 Å². The summed E-state index contributed by atoms with van der Waals surface area (Å²) in [5, 5.41) is 2.96. The van der Waals surface area contributed by atoms with Gasteiger partial charge in [-0.1, -0.05) is 25.5 Å². The highest BCUT2D eigenvalue weighted by molar-refractivity contribution is 7.89. The van der Waals surface area contributed by atoms with E-state index < -0.39 is 10.0 Å². The fourth-order valence-corrected chi connectivity index (χ4v) is 4.78. The number of unbranched alkanes of at least 4 members (excludes halogenated alkanes) is 1. The molecule has 26 heavy (non-hydrogen) atoms. The number of carbonyl (C=O) groups excluding carboxylic acids is 1. The summed E-state index contributed by atoms with van der Waals surface area (Å²) in [4.78, 5) is 12.5.